The molecule has 0 radical (unpaired) electrons. The largest absolute Gasteiger partial charge is 0.456 e. The van der Waals surface area contributed by atoms with Crippen molar-refractivity contribution in [2.24, 2.45) is 0 Å². The van der Waals surface area contributed by atoms with Crippen LogP contribution in [-0.2, 0) is 6.54 Å². The number of para-hydroxylation sites is 1. The molecule has 3 heteroatoms. The lowest BCUT2D eigenvalue weighted by Crippen LogP contribution is -2.04. The zero-order chi connectivity index (χ0) is 15.2. The van der Waals surface area contributed by atoms with Crippen LogP contribution in [0.2, 0.25) is 0 Å². The molecule has 2 aromatic carbocycles. The van der Waals surface area contributed by atoms with Gasteiger partial charge in [0.25, 0.3) is 0 Å². The van der Waals surface area contributed by atoms with E-state index in [0.717, 1.165) is 28.9 Å². The number of ether oxygens (including phenoxy) is 1. The third kappa shape index (κ3) is 4.08. The molecule has 0 spiro atoms. The van der Waals surface area contributed by atoms with E-state index in [0.29, 0.717) is 5.92 Å². The van der Waals surface area contributed by atoms with Crippen LogP contribution >= 0.6 is 15.9 Å². The first-order chi connectivity index (χ1) is 10.2. The fraction of sp³-hybridized carbons (Fsp3) is 0.333. The van der Waals surface area contributed by atoms with Crippen LogP contribution in [-0.4, -0.2) is 7.05 Å². The summed E-state index contributed by atoms with van der Waals surface area (Å²) in [6.45, 7) is 5.28. The molecule has 0 heterocycles. The average Bonchev–Trinajstić information content (AvgIpc) is 2.50. The van der Waals surface area contributed by atoms with Crippen LogP contribution < -0.4 is 10.1 Å². The maximum Gasteiger partial charge on any atom is 0.141 e. The molecule has 112 valence electrons. The third-order valence-corrected chi connectivity index (χ3v) is 4.28. The van der Waals surface area contributed by atoms with Gasteiger partial charge in [0, 0.05) is 6.54 Å². The summed E-state index contributed by atoms with van der Waals surface area (Å²) in [5.74, 6) is 2.28. The minimum Gasteiger partial charge on any atom is -0.456 e. The van der Waals surface area contributed by atoms with Crippen molar-refractivity contribution in [3.63, 3.8) is 0 Å². The van der Waals surface area contributed by atoms with E-state index in [-0.39, 0.29) is 0 Å². The first-order valence-electron chi connectivity index (χ1n) is 7.35. The van der Waals surface area contributed by atoms with Crippen LogP contribution in [0, 0.1) is 0 Å². The maximum atomic E-state index is 6.13. The van der Waals surface area contributed by atoms with Gasteiger partial charge in [-0.15, -0.1) is 0 Å². The molecule has 0 aliphatic carbocycles. The SMILES string of the molecule is CCC(C)c1ccccc1Oc1ccc(CNC)cc1Br. The molecule has 0 bridgehead atoms. The Bertz CT molecular complexity index is 598. The van der Waals surface area contributed by atoms with Crippen molar-refractivity contribution in [2.75, 3.05) is 7.05 Å². The van der Waals surface area contributed by atoms with Crippen LogP contribution in [0.25, 0.3) is 0 Å². The molecule has 2 rings (SSSR count). The Labute approximate surface area is 135 Å². The van der Waals surface area contributed by atoms with E-state index < -0.39 is 0 Å². The van der Waals surface area contributed by atoms with Gasteiger partial charge in [-0.25, -0.2) is 0 Å². The van der Waals surface area contributed by atoms with E-state index >= 15 is 0 Å². The van der Waals surface area contributed by atoms with Gasteiger partial charge in [-0.1, -0.05) is 38.1 Å². The van der Waals surface area contributed by atoms with Gasteiger partial charge in [0.2, 0.25) is 0 Å². The van der Waals surface area contributed by atoms with Gasteiger partial charge in [0.15, 0.2) is 0 Å². The topological polar surface area (TPSA) is 21.3 Å². The van der Waals surface area contributed by atoms with Gasteiger partial charge < -0.3 is 10.1 Å². The molecule has 0 aromatic heterocycles. The summed E-state index contributed by atoms with van der Waals surface area (Å²) in [6, 6.07) is 14.5. The highest BCUT2D eigenvalue weighted by Crippen LogP contribution is 2.35. The molecule has 0 saturated heterocycles. The Morgan fingerprint density at radius 2 is 1.90 bits per heavy atom. The average molecular weight is 348 g/mol. The summed E-state index contributed by atoms with van der Waals surface area (Å²) < 4.78 is 7.11. The minimum atomic E-state index is 0.489. The van der Waals surface area contributed by atoms with Crippen molar-refractivity contribution in [1.29, 1.82) is 0 Å². The Morgan fingerprint density at radius 1 is 1.14 bits per heavy atom. The molecule has 1 N–H and O–H groups in total. The van der Waals surface area contributed by atoms with Crippen molar-refractivity contribution in [3.8, 4) is 11.5 Å². The van der Waals surface area contributed by atoms with Crippen LogP contribution in [0.4, 0.5) is 0 Å². The van der Waals surface area contributed by atoms with Crippen molar-refractivity contribution < 1.29 is 4.74 Å². The Kier molecular flexibility index (Phi) is 5.83. The fourth-order valence-corrected chi connectivity index (χ4v) is 2.77. The standard InChI is InChI=1S/C18H22BrNO/c1-4-13(2)15-7-5-6-8-17(15)21-18-10-9-14(12-20-3)11-16(18)19/h5-11,13,20H,4,12H2,1-3H3. The summed E-state index contributed by atoms with van der Waals surface area (Å²) in [4.78, 5) is 0. The van der Waals surface area contributed by atoms with Crippen molar-refractivity contribution in [1.82, 2.24) is 5.32 Å². The highest BCUT2D eigenvalue weighted by molar-refractivity contribution is 9.10. The summed E-state index contributed by atoms with van der Waals surface area (Å²) in [5, 5.41) is 3.15. The molecule has 0 aliphatic heterocycles. The molecule has 1 atom stereocenters. The lowest BCUT2D eigenvalue weighted by atomic mass is 9.98. The van der Waals surface area contributed by atoms with E-state index in [1.165, 1.54) is 11.1 Å². The van der Waals surface area contributed by atoms with Gasteiger partial charge >= 0.3 is 0 Å². The van der Waals surface area contributed by atoms with Crippen LogP contribution in [0.1, 0.15) is 37.3 Å². The predicted molar refractivity (Wildman–Crippen MR) is 92.1 cm³/mol. The van der Waals surface area contributed by atoms with Gasteiger partial charge in [-0.2, -0.15) is 0 Å². The smallest absolute Gasteiger partial charge is 0.141 e. The second-order valence-corrected chi connectivity index (χ2v) is 6.10. The van der Waals surface area contributed by atoms with Crippen molar-refractivity contribution in [3.05, 3.63) is 58.1 Å². The number of hydrogen-bond donors (Lipinski definition) is 1. The summed E-state index contributed by atoms with van der Waals surface area (Å²) in [7, 11) is 1.95. The third-order valence-electron chi connectivity index (χ3n) is 3.66. The number of hydrogen-bond acceptors (Lipinski definition) is 2. The first-order valence-corrected chi connectivity index (χ1v) is 8.14. The monoisotopic (exact) mass is 347 g/mol. The van der Waals surface area contributed by atoms with E-state index in [1.54, 1.807) is 0 Å². The molecule has 2 nitrogen and oxygen atoms in total. The number of nitrogens with one attached hydrogen (secondary N) is 1. The maximum absolute atomic E-state index is 6.13. The van der Waals surface area contributed by atoms with Crippen LogP contribution in [0.5, 0.6) is 11.5 Å². The number of rotatable bonds is 6. The van der Waals surface area contributed by atoms with E-state index in [9.17, 15) is 0 Å². The van der Waals surface area contributed by atoms with Crippen LogP contribution in [0.3, 0.4) is 0 Å². The summed E-state index contributed by atoms with van der Waals surface area (Å²) in [5.41, 5.74) is 2.48. The normalized spacial score (nSPS) is 12.2. The van der Waals surface area contributed by atoms with Gasteiger partial charge in [-0.05, 0) is 64.6 Å². The molecule has 0 amide bonds. The molecular weight excluding hydrogens is 326 g/mol. The summed E-state index contributed by atoms with van der Waals surface area (Å²) >= 11 is 3.60. The van der Waals surface area contributed by atoms with Gasteiger partial charge in [0.1, 0.15) is 11.5 Å². The zero-order valence-electron chi connectivity index (χ0n) is 12.8. The quantitative estimate of drug-likeness (QED) is 0.747. The zero-order valence-corrected chi connectivity index (χ0v) is 14.4. The van der Waals surface area contributed by atoms with Crippen LogP contribution in [0.15, 0.2) is 46.9 Å². The lowest BCUT2D eigenvalue weighted by Gasteiger charge is -2.16. The van der Waals surface area contributed by atoms with E-state index in [1.807, 2.05) is 25.2 Å². The summed E-state index contributed by atoms with van der Waals surface area (Å²) in [6.07, 6.45) is 1.10. The molecule has 0 saturated carbocycles. The lowest BCUT2D eigenvalue weighted by molar-refractivity contribution is 0.467. The molecular formula is C18H22BrNO. The Morgan fingerprint density at radius 3 is 2.57 bits per heavy atom. The fourth-order valence-electron chi connectivity index (χ4n) is 2.26. The van der Waals surface area contributed by atoms with Crippen molar-refractivity contribution >= 4 is 15.9 Å². The van der Waals surface area contributed by atoms with E-state index in [2.05, 4.69) is 59.4 Å². The first kappa shape index (κ1) is 16.1. The number of halogens is 1. The second kappa shape index (κ2) is 7.62. The Hall–Kier alpha value is -1.32. The number of benzene rings is 2. The highest BCUT2D eigenvalue weighted by Gasteiger charge is 2.11. The minimum absolute atomic E-state index is 0.489. The molecule has 2 aromatic rings. The second-order valence-electron chi connectivity index (χ2n) is 5.24. The molecule has 0 aliphatic rings. The molecule has 1 unspecified atom stereocenters. The molecule has 0 fully saturated rings. The highest BCUT2D eigenvalue weighted by atomic mass is 79.9. The van der Waals surface area contributed by atoms with E-state index in [4.69, 9.17) is 4.74 Å². The van der Waals surface area contributed by atoms with Gasteiger partial charge in [0.05, 0.1) is 4.47 Å². The Balaban J connectivity index is 2.26. The van der Waals surface area contributed by atoms with Gasteiger partial charge in [-0.3, -0.25) is 0 Å². The molecule has 21 heavy (non-hydrogen) atoms. The predicted octanol–water partition coefficient (Wildman–Crippen LogP) is 5.47. The van der Waals surface area contributed by atoms with Crippen molar-refractivity contribution in [2.45, 2.75) is 32.7 Å².